The van der Waals surface area contributed by atoms with Crippen molar-refractivity contribution in [2.75, 3.05) is 5.73 Å². The van der Waals surface area contributed by atoms with Crippen LogP contribution in [-0.2, 0) is 13.5 Å². The molecule has 0 aliphatic heterocycles. The second kappa shape index (κ2) is 3.49. The van der Waals surface area contributed by atoms with Crippen LogP contribution < -0.4 is 5.73 Å². The molecule has 2 N–H and O–H groups in total. The van der Waals surface area contributed by atoms with E-state index in [1.807, 2.05) is 31.3 Å². The number of hydrogen-bond donors (Lipinski definition) is 1. The van der Waals surface area contributed by atoms with Crippen LogP contribution in [0.2, 0.25) is 0 Å². The number of hydrogen-bond acceptors (Lipinski definition) is 3. The topological polar surface area (TPSA) is 56.7 Å². The van der Waals surface area contributed by atoms with E-state index in [0.717, 1.165) is 17.1 Å². The Kier molecular flexibility index (Phi) is 2.18. The van der Waals surface area contributed by atoms with E-state index in [4.69, 9.17) is 5.73 Å². The number of nitrogen functional groups attached to an aromatic ring is 1. The summed E-state index contributed by atoms with van der Waals surface area (Å²) in [5, 5.41) is 4.20. The quantitative estimate of drug-likeness (QED) is 0.715. The Morgan fingerprint density at radius 2 is 2.14 bits per heavy atom. The van der Waals surface area contributed by atoms with Gasteiger partial charge in [0.15, 0.2) is 5.82 Å². The average molecular weight is 188 g/mol. The first-order valence-corrected chi connectivity index (χ1v) is 4.43. The molecule has 0 aliphatic rings. The van der Waals surface area contributed by atoms with E-state index in [1.165, 1.54) is 0 Å². The van der Waals surface area contributed by atoms with Crippen molar-refractivity contribution < 1.29 is 0 Å². The van der Waals surface area contributed by atoms with Gasteiger partial charge in [-0.3, -0.25) is 4.68 Å². The molecule has 2 rings (SSSR count). The van der Waals surface area contributed by atoms with Crippen LogP contribution in [0.5, 0.6) is 0 Å². The van der Waals surface area contributed by atoms with Crippen LogP contribution >= 0.6 is 0 Å². The zero-order chi connectivity index (χ0) is 9.97. The highest BCUT2D eigenvalue weighted by Gasteiger charge is 2.03. The fraction of sp³-hybridized carbons (Fsp3) is 0.200. The van der Waals surface area contributed by atoms with E-state index in [2.05, 4.69) is 10.1 Å². The van der Waals surface area contributed by atoms with Gasteiger partial charge in [-0.05, 0) is 11.6 Å². The van der Waals surface area contributed by atoms with Gasteiger partial charge in [-0.2, -0.15) is 5.10 Å². The number of para-hydroxylation sites is 1. The largest absolute Gasteiger partial charge is 0.398 e. The van der Waals surface area contributed by atoms with Crippen LogP contribution in [0.3, 0.4) is 0 Å². The van der Waals surface area contributed by atoms with E-state index in [-0.39, 0.29) is 0 Å². The second-order valence-corrected chi connectivity index (χ2v) is 3.21. The Morgan fingerprint density at radius 3 is 2.79 bits per heavy atom. The molecule has 0 amide bonds. The molecule has 14 heavy (non-hydrogen) atoms. The first kappa shape index (κ1) is 8.74. The molecule has 1 aromatic carbocycles. The summed E-state index contributed by atoms with van der Waals surface area (Å²) in [7, 11) is 1.85. The smallest absolute Gasteiger partial charge is 0.155 e. The third-order valence-corrected chi connectivity index (χ3v) is 2.05. The summed E-state index contributed by atoms with van der Waals surface area (Å²) in [5.74, 6) is 0.797. The molecule has 0 bridgehead atoms. The van der Waals surface area contributed by atoms with Crippen LogP contribution in [0, 0.1) is 0 Å². The summed E-state index contributed by atoms with van der Waals surface area (Å²) in [6, 6.07) is 7.77. The van der Waals surface area contributed by atoms with E-state index in [1.54, 1.807) is 11.0 Å². The van der Waals surface area contributed by atoms with E-state index >= 15 is 0 Å². The number of nitrogens with two attached hydrogens (primary N) is 1. The highest BCUT2D eigenvalue weighted by atomic mass is 15.3. The first-order valence-electron chi connectivity index (χ1n) is 4.43. The molecule has 0 aliphatic carbocycles. The second-order valence-electron chi connectivity index (χ2n) is 3.21. The molecule has 1 aromatic heterocycles. The van der Waals surface area contributed by atoms with Gasteiger partial charge in [0.1, 0.15) is 6.33 Å². The Bertz CT molecular complexity index is 433. The summed E-state index contributed by atoms with van der Waals surface area (Å²) in [6.07, 6.45) is 2.38. The Hall–Kier alpha value is -1.84. The van der Waals surface area contributed by atoms with Crippen LogP contribution in [0.4, 0.5) is 5.69 Å². The Labute approximate surface area is 82.4 Å². The molecular formula is C10H12N4. The van der Waals surface area contributed by atoms with Crippen molar-refractivity contribution in [2.24, 2.45) is 7.05 Å². The predicted molar refractivity (Wildman–Crippen MR) is 54.7 cm³/mol. The zero-order valence-electron chi connectivity index (χ0n) is 8.01. The van der Waals surface area contributed by atoms with Gasteiger partial charge in [-0.25, -0.2) is 4.98 Å². The minimum Gasteiger partial charge on any atom is -0.398 e. The lowest BCUT2D eigenvalue weighted by Gasteiger charge is -2.01. The van der Waals surface area contributed by atoms with Gasteiger partial charge in [-0.15, -0.1) is 0 Å². The normalized spacial score (nSPS) is 10.4. The molecule has 1 heterocycles. The molecule has 0 spiro atoms. The molecule has 4 heteroatoms. The lowest BCUT2D eigenvalue weighted by molar-refractivity contribution is 0.749. The summed E-state index contributed by atoms with van der Waals surface area (Å²) >= 11 is 0. The van der Waals surface area contributed by atoms with Crippen molar-refractivity contribution in [1.29, 1.82) is 0 Å². The Morgan fingerprint density at radius 1 is 1.36 bits per heavy atom. The number of anilines is 1. The summed E-state index contributed by atoms with van der Waals surface area (Å²) in [6.45, 7) is 0. The van der Waals surface area contributed by atoms with Crippen molar-refractivity contribution in [3.63, 3.8) is 0 Å². The zero-order valence-corrected chi connectivity index (χ0v) is 8.01. The Balaban J connectivity index is 2.23. The van der Waals surface area contributed by atoms with Gasteiger partial charge in [0.2, 0.25) is 0 Å². The van der Waals surface area contributed by atoms with Crippen LogP contribution in [-0.4, -0.2) is 14.8 Å². The lowest BCUT2D eigenvalue weighted by atomic mass is 10.1. The van der Waals surface area contributed by atoms with Crippen LogP contribution in [0.15, 0.2) is 30.6 Å². The molecule has 0 saturated heterocycles. The molecule has 72 valence electrons. The maximum atomic E-state index is 5.81. The highest BCUT2D eigenvalue weighted by molar-refractivity contribution is 5.47. The third kappa shape index (κ3) is 1.74. The SMILES string of the molecule is Cn1cnc(Cc2ccccc2N)n1. The van der Waals surface area contributed by atoms with Crippen molar-refractivity contribution in [2.45, 2.75) is 6.42 Å². The van der Waals surface area contributed by atoms with Gasteiger partial charge in [0, 0.05) is 19.2 Å². The van der Waals surface area contributed by atoms with E-state index in [9.17, 15) is 0 Å². The molecule has 0 radical (unpaired) electrons. The molecule has 0 fully saturated rings. The van der Waals surface area contributed by atoms with Gasteiger partial charge < -0.3 is 5.73 Å². The molecule has 0 saturated carbocycles. The third-order valence-electron chi connectivity index (χ3n) is 2.05. The lowest BCUT2D eigenvalue weighted by Crippen LogP contribution is -1.97. The van der Waals surface area contributed by atoms with E-state index in [0.29, 0.717) is 6.42 Å². The van der Waals surface area contributed by atoms with Crippen LogP contribution in [0.1, 0.15) is 11.4 Å². The molecule has 0 unspecified atom stereocenters. The monoisotopic (exact) mass is 188 g/mol. The summed E-state index contributed by atoms with van der Waals surface area (Å²) in [4.78, 5) is 4.15. The highest BCUT2D eigenvalue weighted by Crippen LogP contribution is 2.13. The maximum absolute atomic E-state index is 5.81. The number of aryl methyl sites for hydroxylation is 1. The van der Waals surface area contributed by atoms with Gasteiger partial charge in [0.25, 0.3) is 0 Å². The molecular weight excluding hydrogens is 176 g/mol. The number of rotatable bonds is 2. The average Bonchev–Trinajstić information content (AvgIpc) is 2.56. The molecule has 4 nitrogen and oxygen atoms in total. The summed E-state index contributed by atoms with van der Waals surface area (Å²) < 4.78 is 1.69. The number of nitrogens with zero attached hydrogens (tertiary/aromatic N) is 3. The van der Waals surface area contributed by atoms with Gasteiger partial charge >= 0.3 is 0 Å². The number of aromatic nitrogens is 3. The number of benzene rings is 1. The van der Waals surface area contributed by atoms with Crippen molar-refractivity contribution in [3.05, 3.63) is 42.0 Å². The first-order chi connectivity index (χ1) is 6.75. The van der Waals surface area contributed by atoms with E-state index < -0.39 is 0 Å². The van der Waals surface area contributed by atoms with Gasteiger partial charge in [-0.1, -0.05) is 18.2 Å². The molecule has 2 aromatic rings. The summed E-state index contributed by atoms with van der Waals surface area (Å²) in [5.41, 5.74) is 7.67. The fourth-order valence-corrected chi connectivity index (χ4v) is 1.33. The van der Waals surface area contributed by atoms with Crippen LogP contribution in [0.25, 0.3) is 0 Å². The van der Waals surface area contributed by atoms with Gasteiger partial charge in [0.05, 0.1) is 0 Å². The fourth-order valence-electron chi connectivity index (χ4n) is 1.33. The predicted octanol–water partition coefficient (Wildman–Crippen LogP) is 0.988. The molecule has 0 atom stereocenters. The maximum Gasteiger partial charge on any atom is 0.155 e. The minimum absolute atomic E-state index is 0.688. The standard InChI is InChI=1S/C10H12N4/c1-14-7-12-10(13-14)6-8-4-2-3-5-9(8)11/h2-5,7H,6,11H2,1H3. The minimum atomic E-state index is 0.688. The van der Waals surface area contributed by atoms with Crippen molar-refractivity contribution in [1.82, 2.24) is 14.8 Å². The van der Waals surface area contributed by atoms with Crippen molar-refractivity contribution >= 4 is 5.69 Å². The van der Waals surface area contributed by atoms with Crippen molar-refractivity contribution in [3.8, 4) is 0 Å².